The number of halogens is 1. The average Bonchev–Trinajstić information content (AvgIpc) is 2.96. The lowest BCUT2D eigenvalue weighted by atomic mass is 10.2. The van der Waals surface area contributed by atoms with Crippen LogP contribution >= 0.6 is 0 Å². The molecule has 2 N–H and O–H groups in total. The Hall–Kier alpha value is -2.80. The van der Waals surface area contributed by atoms with E-state index in [1.54, 1.807) is 16.8 Å². The lowest BCUT2D eigenvalue weighted by Crippen LogP contribution is -2.32. The maximum absolute atomic E-state index is 13.1. The number of aromatic nitrogens is 3. The molecular weight excluding hydrogens is 311 g/mol. The fraction of sp³-hybridized carbons (Fsp3) is 0.235. The van der Waals surface area contributed by atoms with Gasteiger partial charge in [-0.05, 0) is 31.2 Å². The van der Waals surface area contributed by atoms with Crippen LogP contribution in [0.25, 0.3) is 16.7 Å². The van der Waals surface area contributed by atoms with Gasteiger partial charge in [-0.1, -0.05) is 18.2 Å². The molecule has 0 radical (unpaired) electrons. The Morgan fingerprint density at radius 3 is 2.75 bits per heavy atom. The van der Waals surface area contributed by atoms with E-state index in [4.69, 9.17) is 5.11 Å². The minimum absolute atomic E-state index is 0.171. The van der Waals surface area contributed by atoms with E-state index >= 15 is 0 Å². The van der Waals surface area contributed by atoms with E-state index < -0.39 is 18.7 Å². The summed E-state index contributed by atoms with van der Waals surface area (Å²) in [6, 6.07) is 12.8. The molecule has 0 aliphatic heterocycles. The smallest absolute Gasteiger partial charge is 0.270 e. The molecule has 1 amide bonds. The number of aryl methyl sites for hydroxylation is 1. The van der Waals surface area contributed by atoms with E-state index in [-0.39, 0.29) is 12.2 Å². The first-order valence-corrected chi connectivity index (χ1v) is 7.55. The summed E-state index contributed by atoms with van der Waals surface area (Å²) in [4.78, 5) is 16.5. The van der Waals surface area contributed by atoms with Crippen molar-refractivity contribution in [2.24, 2.45) is 0 Å². The number of nitrogens with zero attached hydrogens (tertiary/aromatic N) is 3. The highest BCUT2D eigenvalue weighted by Gasteiger charge is 2.15. The minimum atomic E-state index is -1.49. The summed E-state index contributed by atoms with van der Waals surface area (Å²) < 4.78 is 14.7. The van der Waals surface area contributed by atoms with Crippen molar-refractivity contribution >= 4 is 16.9 Å². The van der Waals surface area contributed by atoms with Gasteiger partial charge in [-0.25, -0.2) is 14.1 Å². The predicted molar refractivity (Wildman–Crippen MR) is 87.9 cm³/mol. The lowest BCUT2D eigenvalue weighted by Gasteiger charge is -2.07. The number of carbonyl (C=O) groups excluding carboxylic acids is 1. The highest BCUT2D eigenvalue weighted by atomic mass is 19.1. The van der Waals surface area contributed by atoms with E-state index in [1.165, 1.54) is 0 Å². The highest BCUT2D eigenvalue weighted by molar-refractivity contribution is 5.94. The van der Waals surface area contributed by atoms with Crippen LogP contribution in [0, 0.1) is 6.92 Å². The van der Waals surface area contributed by atoms with E-state index in [0.717, 1.165) is 16.8 Å². The number of hydrogen-bond acceptors (Lipinski definition) is 4. The Balaban J connectivity index is 1.97. The van der Waals surface area contributed by atoms with Gasteiger partial charge in [0.25, 0.3) is 5.91 Å². The molecule has 0 saturated heterocycles. The largest absolute Gasteiger partial charge is 0.393 e. The summed E-state index contributed by atoms with van der Waals surface area (Å²) in [5, 5.41) is 16.4. The molecule has 0 aliphatic carbocycles. The number of nitrogens with one attached hydrogen (secondary N) is 1. The van der Waals surface area contributed by atoms with E-state index in [9.17, 15) is 9.18 Å². The maximum atomic E-state index is 13.1. The number of rotatable bonds is 5. The molecule has 7 heteroatoms. The summed E-state index contributed by atoms with van der Waals surface area (Å²) in [6.45, 7) is 0.983. The number of benzene rings is 1. The zero-order valence-electron chi connectivity index (χ0n) is 13.1. The molecule has 0 spiro atoms. The van der Waals surface area contributed by atoms with Crippen molar-refractivity contribution in [1.82, 2.24) is 20.1 Å². The van der Waals surface area contributed by atoms with E-state index in [1.807, 2.05) is 37.3 Å². The number of aliphatic hydroxyl groups excluding tert-OH is 1. The molecule has 2 aromatic heterocycles. The second-order valence-electron chi connectivity index (χ2n) is 5.39. The van der Waals surface area contributed by atoms with Gasteiger partial charge >= 0.3 is 0 Å². The molecule has 6 nitrogen and oxygen atoms in total. The molecule has 0 fully saturated rings. The number of amides is 1. The predicted octanol–water partition coefficient (Wildman–Crippen LogP) is 1.79. The van der Waals surface area contributed by atoms with Crippen LogP contribution in [0.1, 0.15) is 16.2 Å². The normalized spacial score (nSPS) is 12.3. The van der Waals surface area contributed by atoms with Crippen LogP contribution in [0.3, 0.4) is 0 Å². The summed E-state index contributed by atoms with van der Waals surface area (Å²) in [5.41, 5.74) is 2.37. The van der Waals surface area contributed by atoms with Gasteiger partial charge in [0.2, 0.25) is 0 Å². The first kappa shape index (κ1) is 16.1. The zero-order chi connectivity index (χ0) is 17.1. The van der Waals surface area contributed by atoms with Crippen LogP contribution in [0.4, 0.5) is 4.39 Å². The van der Waals surface area contributed by atoms with Gasteiger partial charge in [-0.2, -0.15) is 5.10 Å². The Morgan fingerprint density at radius 2 is 2.04 bits per heavy atom. The summed E-state index contributed by atoms with van der Waals surface area (Å²) in [6.07, 6.45) is -1.49. The van der Waals surface area contributed by atoms with Gasteiger partial charge in [-0.3, -0.25) is 4.79 Å². The fourth-order valence-corrected chi connectivity index (χ4v) is 2.38. The molecule has 24 heavy (non-hydrogen) atoms. The standard InChI is InChI=1S/C17H17FN4O2/c1-11-14-7-8-15(17(24)19-9-12(18)10-23)20-16(14)22(21-11)13-5-3-2-4-6-13/h2-8,12,23H,9-10H2,1H3,(H,19,24)/t12-/m0/s1. The van der Waals surface area contributed by atoms with Crippen molar-refractivity contribution in [3.05, 3.63) is 53.9 Å². The Bertz CT molecular complexity index is 864. The number of para-hydroxylation sites is 1. The van der Waals surface area contributed by atoms with Crippen molar-refractivity contribution < 1.29 is 14.3 Å². The topological polar surface area (TPSA) is 80.0 Å². The third kappa shape index (κ3) is 3.11. The SMILES string of the molecule is Cc1nn(-c2ccccc2)c2nc(C(=O)NC[C@H](F)CO)ccc12. The van der Waals surface area contributed by atoms with Gasteiger partial charge in [0.15, 0.2) is 5.65 Å². The molecule has 0 aliphatic rings. The summed E-state index contributed by atoms with van der Waals surface area (Å²) in [7, 11) is 0. The zero-order valence-corrected chi connectivity index (χ0v) is 13.1. The van der Waals surface area contributed by atoms with Crippen molar-refractivity contribution in [1.29, 1.82) is 0 Å². The number of fused-ring (bicyclic) bond motifs is 1. The molecule has 0 unspecified atom stereocenters. The Kier molecular flexibility index (Phi) is 4.52. The molecule has 0 bridgehead atoms. The van der Waals surface area contributed by atoms with Crippen LogP contribution in [-0.4, -0.2) is 45.1 Å². The first-order chi connectivity index (χ1) is 11.6. The second-order valence-corrected chi connectivity index (χ2v) is 5.39. The molecule has 124 valence electrons. The van der Waals surface area contributed by atoms with Gasteiger partial charge in [-0.15, -0.1) is 0 Å². The Labute approximate surface area is 137 Å². The Morgan fingerprint density at radius 1 is 1.29 bits per heavy atom. The molecule has 0 saturated carbocycles. The third-order valence-corrected chi connectivity index (χ3v) is 3.63. The van der Waals surface area contributed by atoms with Crippen LogP contribution in [-0.2, 0) is 0 Å². The van der Waals surface area contributed by atoms with Gasteiger partial charge in [0.05, 0.1) is 24.5 Å². The average molecular weight is 328 g/mol. The van der Waals surface area contributed by atoms with Crippen molar-refractivity contribution in [3.8, 4) is 5.69 Å². The molecule has 2 heterocycles. The van der Waals surface area contributed by atoms with Gasteiger partial charge in [0.1, 0.15) is 11.9 Å². The highest BCUT2D eigenvalue weighted by Crippen LogP contribution is 2.20. The van der Waals surface area contributed by atoms with Gasteiger partial charge in [0, 0.05) is 5.39 Å². The number of hydrogen-bond donors (Lipinski definition) is 2. The van der Waals surface area contributed by atoms with Crippen LogP contribution < -0.4 is 5.32 Å². The van der Waals surface area contributed by atoms with E-state index in [2.05, 4.69) is 15.4 Å². The van der Waals surface area contributed by atoms with Crippen molar-refractivity contribution in [3.63, 3.8) is 0 Å². The molecule has 1 atom stereocenters. The third-order valence-electron chi connectivity index (χ3n) is 3.63. The summed E-state index contributed by atoms with van der Waals surface area (Å²) >= 11 is 0. The number of pyridine rings is 1. The molecule has 3 rings (SSSR count). The lowest BCUT2D eigenvalue weighted by molar-refractivity contribution is 0.0923. The fourth-order valence-electron chi connectivity index (χ4n) is 2.38. The quantitative estimate of drug-likeness (QED) is 0.748. The summed E-state index contributed by atoms with van der Waals surface area (Å²) in [5.74, 6) is -0.494. The first-order valence-electron chi connectivity index (χ1n) is 7.55. The van der Waals surface area contributed by atoms with Gasteiger partial charge < -0.3 is 10.4 Å². The monoisotopic (exact) mass is 328 g/mol. The minimum Gasteiger partial charge on any atom is -0.393 e. The second kappa shape index (κ2) is 6.76. The van der Waals surface area contributed by atoms with Crippen LogP contribution in [0.15, 0.2) is 42.5 Å². The number of carbonyl (C=O) groups is 1. The van der Waals surface area contributed by atoms with Crippen LogP contribution in [0.2, 0.25) is 0 Å². The van der Waals surface area contributed by atoms with Crippen molar-refractivity contribution in [2.45, 2.75) is 13.1 Å². The van der Waals surface area contributed by atoms with E-state index in [0.29, 0.717) is 5.65 Å². The number of alkyl halides is 1. The maximum Gasteiger partial charge on any atom is 0.270 e. The molecular formula is C17H17FN4O2. The number of aliphatic hydroxyl groups is 1. The molecule has 1 aromatic carbocycles. The van der Waals surface area contributed by atoms with Crippen molar-refractivity contribution in [2.75, 3.05) is 13.2 Å². The van der Waals surface area contributed by atoms with Crippen LogP contribution in [0.5, 0.6) is 0 Å². The molecule has 3 aromatic rings.